The first-order valence-electron chi connectivity index (χ1n) is 6.71. The normalized spacial score (nSPS) is 12.6. The van der Waals surface area contributed by atoms with E-state index in [1.807, 2.05) is 17.1 Å². The first kappa shape index (κ1) is 16.6. The third-order valence-corrected chi connectivity index (χ3v) is 4.13. The number of nitrogens with one attached hydrogen (secondary N) is 1. The summed E-state index contributed by atoms with van der Waals surface area (Å²) in [6.07, 6.45) is 5.47. The van der Waals surface area contributed by atoms with Crippen molar-refractivity contribution in [2.75, 3.05) is 20.3 Å². The molecule has 2 rings (SSSR count). The van der Waals surface area contributed by atoms with Crippen molar-refractivity contribution >= 4 is 31.9 Å². The summed E-state index contributed by atoms with van der Waals surface area (Å²) in [5, 5.41) is 7.92. The number of hydrogen-bond acceptors (Lipinski definition) is 4. The predicted molar refractivity (Wildman–Crippen MR) is 89.3 cm³/mol. The number of rotatable bonds is 7. The summed E-state index contributed by atoms with van der Waals surface area (Å²) in [6, 6.07) is 2.09. The molecule has 0 bridgehead atoms. The van der Waals surface area contributed by atoms with Gasteiger partial charge in [0.1, 0.15) is 0 Å². The SMILES string of the molecule is CCNC(c1cncc(Br)c1)c1c(Br)cnn1CCOC. The van der Waals surface area contributed by atoms with Gasteiger partial charge in [-0.3, -0.25) is 9.67 Å². The number of aromatic nitrogens is 3. The average Bonchev–Trinajstić information content (AvgIpc) is 2.83. The Kier molecular flexibility index (Phi) is 6.35. The van der Waals surface area contributed by atoms with Gasteiger partial charge >= 0.3 is 0 Å². The molecule has 0 saturated heterocycles. The van der Waals surface area contributed by atoms with E-state index in [2.05, 4.69) is 60.2 Å². The molecular weight excluding hydrogens is 400 g/mol. The minimum absolute atomic E-state index is 0.0220. The van der Waals surface area contributed by atoms with Crippen molar-refractivity contribution in [2.24, 2.45) is 0 Å². The van der Waals surface area contributed by atoms with Crippen molar-refractivity contribution in [1.29, 1.82) is 0 Å². The molecule has 0 aliphatic carbocycles. The predicted octanol–water partition coefficient (Wildman–Crippen LogP) is 3.15. The molecule has 2 aromatic rings. The minimum Gasteiger partial charge on any atom is -0.383 e. The Labute approximate surface area is 141 Å². The molecule has 0 radical (unpaired) electrons. The first-order valence-corrected chi connectivity index (χ1v) is 8.30. The van der Waals surface area contributed by atoms with Gasteiger partial charge in [-0.05, 0) is 50.0 Å². The standard InChI is InChI=1S/C14H18Br2N4O/c1-3-18-13(10-6-11(15)8-17-7-10)14-12(16)9-19-20(14)4-5-21-2/h6-9,13,18H,3-5H2,1-2H3. The van der Waals surface area contributed by atoms with Gasteiger partial charge in [0.25, 0.3) is 0 Å². The molecule has 5 nitrogen and oxygen atoms in total. The summed E-state index contributed by atoms with van der Waals surface area (Å²) in [6.45, 7) is 4.26. The average molecular weight is 418 g/mol. The molecule has 2 heterocycles. The van der Waals surface area contributed by atoms with Crippen LogP contribution in [-0.2, 0) is 11.3 Å². The van der Waals surface area contributed by atoms with Crippen LogP contribution in [-0.4, -0.2) is 35.0 Å². The molecule has 0 fully saturated rings. The van der Waals surface area contributed by atoms with Crippen LogP contribution in [0.4, 0.5) is 0 Å². The van der Waals surface area contributed by atoms with Crippen molar-refractivity contribution in [2.45, 2.75) is 19.5 Å². The molecule has 7 heteroatoms. The summed E-state index contributed by atoms with van der Waals surface area (Å²) in [5.74, 6) is 0. The van der Waals surface area contributed by atoms with E-state index in [4.69, 9.17) is 4.74 Å². The van der Waals surface area contributed by atoms with Crippen molar-refractivity contribution in [3.05, 3.63) is 44.9 Å². The van der Waals surface area contributed by atoms with Crippen LogP contribution >= 0.6 is 31.9 Å². The number of nitrogens with zero attached hydrogens (tertiary/aromatic N) is 3. The lowest BCUT2D eigenvalue weighted by Gasteiger charge is -2.20. The Bertz CT molecular complexity index is 588. The lowest BCUT2D eigenvalue weighted by molar-refractivity contribution is 0.182. The van der Waals surface area contributed by atoms with E-state index in [9.17, 15) is 0 Å². The maximum atomic E-state index is 5.16. The fraction of sp³-hybridized carbons (Fsp3) is 0.429. The quantitative estimate of drug-likeness (QED) is 0.751. The van der Waals surface area contributed by atoms with E-state index in [1.54, 1.807) is 13.3 Å². The van der Waals surface area contributed by atoms with Gasteiger partial charge in [-0.2, -0.15) is 5.10 Å². The van der Waals surface area contributed by atoms with Gasteiger partial charge in [0.15, 0.2) is 0 Å². The van der Waals surface area contributed by atoms with E-state index in [0.29, 0.717) is 13.2 Å². The van der Waals surface area contributed by atoms with Gasteiger partial charge in [0.05, 0.1) is 35.6 Å². The Hall–Kier alpha value is -0.760. The fourth-order valence-electron chi connectivity index (χ4n) is 2.18. The fourth-order valence-corrected chi connectivity index (χ4v) is 3.09. The summed E-state index contributed by atoms with van der Waals surface area (Å²) in [4.78, 5) is 4.26. The van der Waals surface area contributed by atoms with Crippen molar-refractivity contribution in [3.63, 3.8) is 0 Å². The highest BCUT2D eigenvalue weighted by Gasteiger charge is 2.21. The third-order valence-electron chi connectivity index (χ3n) is 3.08. The smallest absolute Gasteiger partial charge is 0.0775 e. The zero-order valence-corrected chi connectivity index (χ0v) is 15.2. The number of methoxy groups -OCH3 is 1. The minimum atomic E-state index is 0.0220. The highest BCUT2D eigenvalue weighted by atomic mass is 79.9. The largest absolute Gasteiger partial charge is 0.383 e. The van der Waals surface area contributed by atoms with Gasteiger partial charge in [0.2, 0.25) is 0 Å². The molecule has 1 atom stereocenters. The second-order valence-electron chi connectivity index (χ2n) is 4.52. The van der Waals surface area contributed by atoms with Crippen LogP contribution in [0.5, 0.6) is 0 Å². The van der Waals surface area contributed by atoms with Crippen molar-refractivity contribution in [1.82, 2.24) is 20.1 Å². The molecule has 1 unspecified atom stereocenters. The molecule has 2 aromatic heterocycles. The summed E-state index contributed by atoms with van der Waals surface area (Å²) >= 11 is 7.08. The molecule has 1 N–H and O–H groups in total. The van der Waals surface area contributed by atoms with Crippen molar-refractivity contribution in [3.8, 4) is 0 Å². The number of hydrogen-bond donors (Lipinski definition) is 1. The maximum Gasteiger partial charge on any atom is 0.0775 e. The van der Waals surface area contributed by atoms with Gasteiger partial charge < -0.3 is 10.1 Å². The van der Waals surface area contributed by atoms with Gasteiger partial charge in [0, 0.05) is 24.0 Å². The zero-order chi connectivity index (χ0) is 15.2. The van der Waals surface area contributed by atoms with E-state index in [-0.39, 0.29) is 6.04 Å². The molecule has 0 amide bonds. The van der Waals surface area contributed by atoms with Crippen LogP contribution < -0.4 is 5.32 Å². The van der Waals surface area contributed by atoms with E-state index in [0.717, 1.165) is 26.7 Å². The Balaban J connectivity index is 2.40. The molecule has 0 aliphatic rings. The molecule has 0 aromatic carbocycles. The monoisotopic (exact) mass is 416 g/mol. The summed E-state index contributed by atoms with van der Waals surface area (Å²) in [7, 11) is 1.69. The molecule has 0 spiro atoms. The number of halogens is 2. The van der Waals surface area contributed by atoms with Crippen LogP contribution in [0.1, 0.15) is 24.2 Å². The lowest BCUT2D eigenvalue weighted by atomic mass is 10.1. The van der Waals surface area contributed by atoms with Crippen LogP contribution in [0.2, 0.25) is 0 Å². The van der Waals surface area contributed by atoms with Crippen molar-refractivity contribution < 1.29 is 4.74 Å². The van der Waals surface area contributed by atoms with Gasteiger partial charge in [-0.25, -0.2) is 0 Å². The van der Waals surface area contributed by atoms with E-state index >= 15 is 0 Å². The Morgan fingerprint density at radius 2 is 2.14 bits per heavy atom. The lowest BCUT2D eigenvalue weighted by Crippen LogP contribution is -2.26. The molecular formula is C14H18Br2N4O. The molecule has 0 saturated carbocycles. The maximum absolute atomic E-state index is 5.16. The van der Waals surface area contributed by atoms with Gasteiger partial charge in [-0.15, -0.1) is 0 Å². The second-order valence-corrected chi connectivity index (χ2v) is 6.29. The van der Waals surface area contributed by atoms with Crippen LogP contribution in [0.25, 0.3) is 0 Å². The van der Waals surface area contributed by atoms with E-state index < -0.39 is 0 Å². The highest BCUT2D eigenvalue weighted by Crippen LogP contribution is 2.29. The molecule has 0 aliphatic heterocycles. The summed E-state index contributed by atoms with van der Waals surface area (Å²) < 4.78 is 9.05. The number of ether oxygens (including phenoxy) is 1. The molecule has 21 heavy (non-hydrogen) atoms. The Morgan fingerprint density at radius 3 is 2.81 bits per heavy atom. The third kappa shape index (κ3) is 4.12. The Morgan fingerprint density at radius 1 is 1.33 bits per heavy atom. The molecule has 114 valence electrons. The number of pyridine rings is 1. The van der Waals surface area contributed by atoms with Gasteiger partial charge in [-0.1, -0.05) is 6.92 Å². The highest BCUT2D eigenvalue weighted by molar-refractivity contribution is 9.10. The first-order chi connectivity index (χ1) is 10.2. The second kappa shape index (κ2) is 8.03. The zero-order valence-electron chi connectivity index (χ0n) is 12.0. The summed E-state index contributed by atoms with van der Waals surface area (Å²) in [5.41, 5.74) is 2.17. The van der Waals surface area contributed by atoms with Crippen LogP contribution in [0.3, 0.4) is 0 Å². The topological polar surface area (TPSA) is 52.0 Å². The van der Waals surface area contributed by atoms with Crippen LogP contribution in [0.15, 0.2) is 33.6 Å². The van der Waals surface area contributed by atoms with E-state index in [1.165, 1.54) is 0 Å². The van der Waals surface area contributed by atoms with Crippen LogP contribution in [0, 0.1) is 0 Å².